The maximum absolute atomic E-state index is 8.63. The molecule has 0 atom stereocenters. The van der Waals surface area contributed by atoms with Gasteiger partial charge in [-0.1, -0.05) is 0 Å². The van der Waals surface area contributed by atoms with E-state index in [0.717, 1.165) is 0 Å². The second kappa shape index (κ2) is 16.8. The molecule has 0 fully saturated rings. The summed E-state index contributed by atoms with van der Waals surface area (Å²) in [4.78, 5) is 0. The fourth-order valence-corrected chi connectivity index (χ4v) is 0. The Bertz CT molecular complexity index is 479. The summed E-state index contributed by atoms with van der Waals surface area (Å²) in [5.41, 5.74) is 0. The van der Waals surface area contributed by atoms with Gasteiger partial charge in [0.15, 0.2) is 0 Å². The van der Waals surface area contributed by atoms with Crippen molar-refractivity contribution in [2.45, 2.75) is 0 Å². The van der Waals surface area contributed by atoms with Gasteiger partial charge in [0.1, 0.15) is 0 Å². The van der Waals surface area contributed by atoms with E-state index in [1.165, 1.54) is 0 Å². The minimum atomic E-state index is -6.02. The van der Waals surface area contributed by atoms with Crippen molar-refractivity contribution < 1.29 is 143 Å². The van der Waals surface area contributed by atoms with Crippen LogP contribution in [0.2, 0.25) is 0 Å². The van der Waals surface area contributed by atoms with Crippen LogP contribution in [0.3, 0.4) is 0 Å². The van der Waals surface area contributed by atoms with E-state index in [2.05, 4.69) is 0 Å². The molecule has 22 heteroatoms. The Labute approximate surface area is 166 Å². The first kappa shape index (κ1) is 39.4. The molecule has 0 aliphatic heterocycles. The Hall–Kier alpha value is 2.30. The SMILES string of the molecule is [Bi+3].[O]=[Mo](=[O])([O-])[O-].[O]=[Mo](=[O])([O-])[O-].[O]=[Mo](=[O])([O-])[O-].[O]=[Mo](=[O])([O-])[O-].[V]. The van der Waals surface area contributed by atoms with Gasteiger partial charge in [0.05, 0.1) is 0 Å². The van der Waals surface area contributed by atoms with Gasteiger partial charge in [-0.3, -0.25) is 0 Å². The average molecular weight is 900 g/mol. The third kappa shape index (κ3) is 1910. The van der Waals surface area contributed by atoms with Crippen LogP contribution in [0.4, 0.5) is 0 Å². The molecule has 0 aromatic heterocycles. The minimum Gasteiger partial charge on any atom is 0 e. The van der Waals surface area contributed by atoms with Gasteiger partial charge in [0.25, 0.3) is 0 Å². The third-order valence-electron chi connectivity index (χ3n) is 0. The van der Waals surface area contributed by atoms with E-state index in [4.69, 9.17) is 57.3 Å². The summed E-state index contributed by atoms with van der Waals surface area (Å²) in [6.45, 7) is 0. The van der Waals surface area contributed by atoms with Crippen molar-refractivity contribution in [2.75, 3.05) is 0 Å². The normalized spacial score (nSPS) is 10.5. The summed E-state index contributed by atoms with van der Waals surface area (Å²) in [6.07, 6.45) is 0. The topological polar surface area (TPSA) is 321 Å². The summed E-state index contributed by atoms with van der Waals surface area (Å²) < 4.78 is 138. The summed E-state index contributed by atoms with van der Waals surface area (Å²) in [5.74, 6) is 0. The van der Waals surface area contributed by atoms with Crippen LogP contribution in [0.5, 0.6) is 0 Å². The van der Waals surface area contributed by atoms with Crippen LogP contribution in [-0.4, -0.2) is 26.2 Å². The van der Waals surface area contributed by atoms with Crippen LogP contribution in [0.15, 0.2) is 0 Å². The molecule has 0 unspecified atom stereocenters. The minimum absolute atomic E-state index is 0. The standard InChI is InChI=1S/Bi.4Mo.16O.V/q+3;;;;;;;;;;;;;8*-1;. The number of rotatable bonds is 0. The first-order valence-corrected chi connectivity index (χ1v) is 15.8. The quantitative estimate of drug-likeness (QED) is 0.204. The summed E-state index contributed by atoms with van der Waals surface area (Å²) in [6, 6.07) is 0. The molecule has 0 amide bonds. The van der Waals surface area contributed by atoms with Crippen LogP contribution in [0, 0.1) is 0 Å². The molecule has 135 valence electrons. The first-order chi connectivity index (χ1) is 8.00. The molecule has 0 heterocycles. The molecule has 0 N–H and O–H groups in total. The van der Waals surface area contributed by atoms with Crippen molar-refractivity contribution in [3.63, 3.8) is 0 Å². The molecule has 22 heavy (non-hydrogen) atoms. The van der Waals surface area contributed by atoms with Crippen LogP contribution in [0.25, 0.3) is 0 Å². The second-order valence-electron chi connectivity index (χ2n) is 1.63. The largest absolute Gasteiger partial charge is 0 e. The van der Waals surface area contributed by atoms with Crippen molar-refractivity contribution in [2.24, 2.45) is 0 Å². The van der Waals surface area contributed by atoms with Gasteiger partial charge in [-0.05, 0) is 0 Å². The molecule has 0 spiro atoms. The van der Waals surface area contributed by atoms with Gasteiger partial charge >= 0.3 is 150 Å². The zero-order valence-electron chi connectivity index (χ0n) is 9.06. The molecule has 0 aliphatic carbocycles. The maximum atomic E-state index is 8.63. The molecule has 0 rings (SSSR count). The average Bonchev–Trinajstić information content (AvgIpc) is 1.62. The molecule has 0 saturated heterocycles. The van der Waals surface area contributed by atoms with Crippen molar-refractivity contribution in [1.82, 2.24) is 0 Å². The number of hydrogen-bond acceptors (Lipinski definition) is 16. The van der Waals surface area contributed by atoms with Crippen LogP contribution in [0.1, 0.15) is 0 Å². The van der Waals surface area contributed by atoms with Gasteiger partial charge in [-0.2, -0.15) is 0 Å². The molecule has 0 aliphatic rings. The molecular weight excluding hydrogens is 900 g/mol. The van der Waals surface area contributed by atoms with E-state index in [-0.39, 0.29) is 44.8 Å². The van der Waals surface area contributed by atoms with Crippen molar-refractivity contribution in [3.8, 4) is 0 Å². The van der Waals surface area contributed by atoms with Crippen LogP contribution in [-0.2, 0) is 113 Å². The zero-order chi connectivity index (χ0) is 18.0. The van der Waals surface area contributed by atoms with E-state index < -0.39 is 67.0 Å². The summed E-state index contributed by atoms with van der Waals surface area (Å²) in [7, 11) is 0. The van der Waals surface area contributed by atoms with E-state index in [9.17, 15) is 0 Å². The van der Waals surface area contributed by atoms with Crippen LogP contribution >= 0.6 is 0 Å². The molecular formula is BiMo4O16V-5. The number of hydrogen-bond donors (Lipinski definition) is 0. The van der Waals surface area contributed by atoms with Crippen molar-refractivity contribution in [3.05, 3.63) is 0 Å². The van der Waals surface area contributed by atoms with Crippen LogP contribution < -0.4 is 30.1 Å². The Morgan fingerprint density at radius 3 is 0.364 bits per heavy atom. The predicted octanol–water partition coefficient (Wildman–Crippen LogP) is -10.9. The Morgan fingerprint density at radius 1 is 0.364 bits per heavy atom. The maximum Gasteiger partial charge on any atom is 0 e. The monoisotopic (exact) mass is 907 g/mol. The van der Waals surface area contributed by atoms with Gasteiger partial charge in [-0.15, -0.1) is 0 Å². The van der Waals surface area contributed by atoms with Gasteiger partial charge in [-0.25, -0.2) is 0 Å². The predicted molar refractivity (Wildman–Crippen MR) is 11.2 cm³/mol. The van der Waals surface area contributed by atoms with E-state index in [1.807, 2.05) is 0 Å². The Balaban J connectivity index is -0.0000000376. The second-order valence-corrected chi connectivity index (χ2v) is 9.66. The fraction of sp³-hybridized carbons (Fsp3) is 0. The van der Waals surface area contributed by atoms with Gasteiger partial charge in [0, 0.05) is 18.6 Å². The molecule has 3 radical (unpaired) electrons. The van der Waals surface area contributed by atoms with E-state index in [1.54, 1.807) is 0 Å². The third-order valence-corrected chi connectivity index (χ3v) is 0. The molecule has 16 nitrogen and oxygen atoms in total. The molecule has 0 saturated carbocycles. The summed E-state index contributed by atoms with van der Waals surface area (Å²) in [5, 5.41) is 0. The first-order valence-electron chi connectivity index (χ1n) is 2.67. The molecule has 0 aromatic carbocycles. The smallest absolute Gasteiger partial charge is 0 e. The Morgan fingerprint density at radius 2 is 0.364 bits per heavy atom. The van der Waals surface area contributed by atoms with Crippen molar-refractivity contribution >= 4 is 26.2 Å². The zero-order valence-corrected chi connectivity index (χ0v) is 22.0. The fourth-order valence-electron chi connectivity index (χ4n) is 0. The molecule has 0 bridgehead atoms. The van der Waals surface area contributed by atoms with Crippen molar-refractivity contribution in [1.29, 1.82) is 0 Å². The van der Waals surface area contributed by atoms with E-state index >= 15 is 0 Å². The summed E-state index contributed by atoms with van der Waals surface area (Å²) >= 11 is -24.1. The van der Waals surface area contributed by atoms with E-state index in [0.29, 0.717) is 0 Å². The van der Waals surface area contributed by atoms with Gasteiger partial charge in [0.2, 0.25) is 0 Å². The van der Waals surface area contributed by atoms with Gasteiger partial charge < -0.3 is 0 Å². The Kier molecular flexibility index (Phi) is 30.0. The molecule has 0 aromatic rings.